The fourth-order valence-corrected chi connectivity index (χ4v) is 3.42. The van der Waals surface area contributed by atoms with Crippen molar-refractivity contribution >= 4 is 23.1 Å². The van der Waals surface area contributed by atoms with Crippen LogP contribution in [0.15, 0.2) is 58.2 Å². The Balaban J connectivity index is 1.61. The summed E-state index contributed by atoms with van der Waals surface area (Å²) < 4.78 is 5.94. The Kier molecular flexibility index (Phi) is 4.93. The summed E-state index contributed by atoms with van der Waals surface area (Å²) in [6.07, 6.45) is 4.24. The van der Waals surface area contributed by atoms with Crippen molar-refractivity contribution in [3.05, 3.63) is 76.9 Å². The van der Waals surface area contributed by atoms with Crippen molar-refractivity contribution in [3.8, 4) is 0 Å². The van der Waals surface area contributed by atoms with Crippen molar-refractivity contribution in [2.75, 3.05) is 10.7 Å². The highest BCUT2D eigenvalue weighted by Crippen LogP contribution is 2.30. The topological polar surface area (TPSA) is 79.5 Å². The third-order valence-electron chi connectivity index (χ3n) is 4.87. The van der Waals surface area contributed by atoms with Gasteiger partial charge in [-0.25, -0.2) is 4.98 Å². The molecule has 2 aromatic heterocycles. The molecule has 4 rings (SSSR count). The van der Waals surface area contributed by atoms with Crippen molar-refractivity contribution in [2.45, 2.75) is 33.1 Å². The maximum Gasteiger partial charge on any atom is 0.292 e. The molecule has 1 aliphatic rings. The van der Waals surface area contributed by atoms with E-state index in [1.54, 1.807) is 6.20 Å². The van der Waals surface area contributed by atoms with Crippen molar-refractivity contribution in [3.63, 3.8) is 0 Å². The molecule has 1 aromatic carbocycles. The number of para-hydroxylation sites is 1. The van der Waals surface area contributed by atoms with Crippen LogP contribution in [0, 0.1) is 13.8 Å². The van der Waals surface area contributed by atoms with Crippen LogP contribution >= 0.6 is 0 Å². The number of aromatic nitrogens is 1. The molecule has 0 saturated carbocycles. The zero-order valence-corrected chi connectivity index (χ0v) is 16.0. The van der Waals surface area contributed by atoms with Gasteiger partial charge in [-0.15, -0.1) is 0 Å². The first-order valence-electron chi connectivity index (χ1n) is 9.36. The zero-order valence-electron chi connectivity index (χ0n) is 16.0. The Morgan fingerprint density at radius 1 is 1.11 bits per heavy atom. The zero-order chi connectivity index (χ0) is 19.5. The number of carbonyl (C=O) groups excluding carboxylic acids is 1. The van der Waals surface area contributed by atoms with Crippen LogP contribution in [-0.2, 0) is 6.42 Å². The summed E-state index contributed by atoms with van der Waals surface area (Å²) in [6.45, 7) is 3.81. The second-order valence-electron chi connectivity index (χ2n) is 6.87. The summed E-state index contributed by atoms with van der Waals surface area (Å²) in [5.74, 6) is 1.40. The standard InChI is InChI=1S/C22H22N4O2/c1-14-8-7-13-23-21(14)24-22(27)20-15(2)19-17(11-6-12-18(19)28-20)26-25-16-9-4-3-5-10-16/h3-5,7-10,13,25H,6,11-12H2,1-2H3,(H,23,24,27)/b26-17+. The lowest BCUT2D eigenvalue weighted by atomic mass is 9.93. The van der Waals surface area contributed by atoms with E-state index in [1.165, 1.54) is 0 Å². The molecule has 0 unspecified atom stereocenters. The van der Waals surface area contributed by atoms with Crippen LogP contribution in [-0.4, -0.2) is 16.6 Å². The Morgan fingerprint density at radius 2 is 1.93 bits per heavy atom. The summed E-state index contributed by atoms with van der Waals surface area (Å²) in [6, 6.07) is 13.5. The predicted molar refractivity (Wildman–Crippen MR) is 110 cm³/mol. The van der Waals surface area contributed by atoms with Gasteiger partial charge in [0.15, 0.2) is 5.76 Å². The number of hydrogen-bond acceptors (Lipinski definition) is 5. The average molecular weight is 374 g/mol. The molecular formula is C22H22N4O2. The van der Waals surface area contributed by atoms with Crippen LogP contribution in [0.2, 0.25) is 0 Å². The quantitative estimate of drug-likeness (QED) is 0.649. The molecule has 0 aliphatic heterocycles. The van der Waals surface area contributed by atoms with Crippen LogP contribution in [0.25, 0.3) is 0 Å². The lowest BCUT2D eigenvalue weighted by molar-refractivity contribution is 0.0993. The molecule has 0 atom stereocenters. The number of nitrogens with one attached hydrogen (secondary N) is 2. The van der Waals surface area contributed by atoms with Gasteiger partial charge in [-0.1, -0.05) is 24.3 Å². The first-order valence-corrected chi connectivity index (χ1v) is 9.36. The fourth-order valence-electron chi connectivity index (χ4n) is 3.42. The highest BCUT2D eigenvalue weighted by atomic mass is 16.4. The Hall–Kier alpha value is -3.41. The second-order valence-corrected chi connectivity index (χ2v) is 6.87. The van der Waals surface area contributed by atoms with Gasteiger partial charge in [0.05, 0.1) is 11.4 Å². The maximum absolute atomic E-state index is 12.8. The van der Waals surface area contributed by atoms with Gasteiger partial charge in [-0.3, -0.25) is 10.2 Å². The highest BCUT2D eigenvalue weighted by molar-refractivity contribution is 6.09. The molecule has 3 aromatic rings. The highest BCUT2D eigenvalue weighted by Gasteiger charge is 2.28. The van der Waals surface area contributed by atoms with E-state index < -0.39 is 0 Å². The van der Waals surface area contributed by atoms with Crippen molar-refractivity contribution in [1.82, 2.24) is 4.98 Å². The van der Waals surface area contributed by atoms with E-state index in [4.69, 9.17) is 4.42 Å². The van der Waals surface area contributed by atoms with E-state index in [0.717, 1.165) is 53.1 Å². The number of hydrogen-bond donors (Lipinski definition) is 2. The van der Waals surface area contributed by atoms with Gasteiger partial charge < -0.3 is 9.73 Å². The minimum absolute atomic E-state index is 0.288. The molecule has 2 N–H and O–H groups in total. The smallest absolute Gasteiger partial charge is 0.292 e. The molecular weight excluding hydrogens is 352 g/mol. The lowest BCUT2D eigenvalue weighted by Crippen LogP contribution is -2.15. The minimum atomic E-state index is -0.288. The summed E-state index contributed by atoms with van der Waals surface area (Å²) in [4.78, 5) is 17.0. The molecule has 0 fully saturated rings. The van der Waals surface area contributed by atoms with Crippen molar-refractivity contribution in [2.24, 2.45) is 5.10 Å². The number of hydrazone groups is 1. The molecule has 1 aliphatic carbocycles. The SMILES string of the molecule is Cc1cccnc1NC(=O)c1oc2c(c1C)/C(=N/Nc1ccccc1)CCC2. The summed E-state index contributed by atoms with van der Waals surface area (Å²) >= 11 is 0. The largest absolute Gasteiger partial charge is 0.455 e. The molecule has 0 spiro atoms. The van der Waals surface area contributed by atoms with Gasteiger partial charge >= 0.3 is 0 Å². The molecule has 0 bridgehead atoms. The third-order valence-corrected chi connectivity index (χ3v) is 4.87. The van der Waals surface area contributed by atoms with Crippen LogP contribution in [0.1, 0.15) is 45.8 Å². The number of amides is 1. The third kappa shape index (κ3) is 3.53. The van der Waals surface area contributed by atoms with Crippen LogP contribution in [0.5, 0.6) is 0 Å². The lowest BCUT2D eigenvalue weighted by Gasteiger charge is -2.13. The number of carbonyl (C=O) groups is 1. The second kappa shape index (κ2) is 7.68. The van der Waals surface area contributed by atoms with E-state index in [1.807, 2.05) is 56.3 Å². The molecule has 6 heteroatoms. The van der Waals surface area contributed by atoms with E-state index in [0.29, 0.717) is 11.6 Å². The molecule has 28 heavy (non-hydrogen) atoms. The summed E-state index contributed by atoms with van der Waals surface area (Å²) in [5.41, 5.74) is 7.60. The fraction of sp³-hybridized carbons (Fsp3) is 0.227. The molecule has 2 heterocycles. The molecule has 0 saturated heterocycles. The minimum Gasteiger partial charge on any atom is -0.455 e. The van der Waals surface area contributed by atoms with E-state index in [2.05, 4.69) is 20.8 Å². The Bertz CT molecular complexity index is 1040. The first-order chi connectivity index (χ1) is 13.6. The Labute approximate surface area is 163 Å². The normalized spacial score (nSPS) is 14.6. The van der Waals surface area contributed by atoms with E-state index in [9.17, 15) is 4.79 Å². The van der Waals surface area contributed by atoms with E-state index >= 15 is 0 Å². The van der Waals surface area contributed by atoms with Crippen LogP contribution < -0.4 is 10.7 Å². The van der Waals surface area contributed by atoms with Gasteiger partial charge in [0.25, 0.3) is 5.91 Å². The number of fused-ring (bicyclic) bond motifs is 1. The van der Waals surface area contributed by atoms with Gasteiger partial charge in [0.2, 0.25) is 0 Å². The average Bonchev–Trinajstić information content (AvgIpc) is 3.06. The summed E-state index contributed by atoms with van der Waals surface area (Å²) in [5, 5.41) is 7.44. The summed E-state index contributed by atoms with van der Waals surface area (Å²) in [7, 11) is 0. The number of anilines is 2. The van der Waals surface area contributed by atoms with Gasteiger partial charge in [0, 0.05) is 23.7 Å². The number of nitrogens with zero attached hydrogens (tertiary/aromatic N) is 2. The maximum atomic E-state index is 12.8. The monoisotopic (exact) mass is 374 g/mol. The van der Waals surface area contributed by atoms with Crippen molar-refractivity contribution < 1.29 is 9.21 Å². The Morgan fingerprint density at radius 3 is 2.71 bits per heavy atom. The number of pyridine rings is 1. The first kappa shape index (κ1) is 18.0. The van der Waals surface area contributed by atoms with Crippen LogP contribution in [0.3, 0.4) is 0 Å². The van der Waals surface area contributed by atoms with Crippen molar-refractivity contribution in [1.29, 1.82) is 0 Å². The van der Waals surface area contributed by atoms with Gasteiger partial charge in [-0.2, -0.15) is 5.10 Å². The predicted octanol–water partition coefficient (Wildman–Crippen LogP) is 4.70. The van der Waals surface area contributed by atoms with E-state index in [-0.39, 0.29) is 5.91 Å². The molecule has 0 radical (unpaired) electrons. The number of rotatable bonds is 4. The van der Waals surface area contributed by atoms with Gasteiger partial charge in [-0.05, 0) is 50.5 Å². The van der Waals surface area contributed by atoms with Gasteiger partial charge in [0.1, 0.15) is 11.6 Å². The molecule has 6 nitrogen and oxygen atoms in total. The number of aryl methyl sites for hydroxylation is 2. The number of benzene rings is 1. The molecule has 142 valence electrons. The van der Waals surface area contributed by atoms with Crippen LogP contribution in [0.4, 0.5) is 11.5 Å². The molecule has 1 amide bonds. The number of furan rings is 1.